The predicted octanol–water partition coefficient (Wildman–Crippen LogP) is 3.14. The minimum absolute atomic E-state index is 0.306. The molecule has 1 aliphatic heterocycles. The van der Waals surface area contributed by atoms with E-state index in [1.165, 1.54) is 5.56 Å². The van der Waals surface area contributed by atoms with Crippen molar-refractivity contribution in [3.05, 3.63) is 28.2 Å². The Morgan fingerprint density at radius 2 is 2.39 bits per heavy atom. The van der Waals surface area contributed by atoms with Crippen LogP contribution >= 0.6 is 15.9 Å². The maximum atomic E-state index is 5.51. The molecule has 0 amide bonds. The Hall–Kier alpha value is -0.580. The van der Waals surface area contributed by atoms with Crippen LogP contribution < -0.4 is 10.1 Å². The van der Waals surface area contributed by atoms with Crippen LogP contribution in [0.1, 0.15) is 24.9 Å². The fraction of sp³-hybridized carbons (Fsp3) is 0.571. The number of nitrogens with one attached hydrogen (secondary N) is 1. The summed E-state index contributed by atoms with van der Waals surface area (Å²) < 4.78 is 12.1. The van der Waals surface area contributed by atoms with Crippen molar-refractivity contribution < 1.29 is 9.47 Å². The second kappa shape index (κ2) is 6.55. The molecule has 1 heterocycles. The summed E-state index contributed by atoms with van der Waals surface area (Å²) in [5, 5.41) is 3.56. The quantitative estimate of drug-likeness (QED) is 0.906. The van der Waals surface area contributed by atoms with Crippen LogP contribution in [0.4, 0.5) is 0 Å². The lowest BCUT2D eigenvalue weighted by Crippen LogP contribution is -2.29. The minimum atomic E-state index is 0.306. The van der Waals surface area contributed by atoms with Crippen LogP contribution in [-0.4, -0.2) is 26.9 Å². The van der Waals surface area contributed by atoms with E-state index in [0.717, 1.165) is 36.4 Å². The Labute approximate surface area is 117 Å². The summed E-state index contributed by atoms with van der Waals surface area (Å²) in [7, 11) is 1.72. The van der Waals surface area contributed by atoms with Crippen molar-refractivity contribution in [2.75, 3.05) is 26.9 Å². The van der Waals surface area contributed by atoms with Gasteiger partial charge in [-0.1, -0.05) is 28.9 Å². The van der Waals surface area contributed by atoms with Crippen LogP contribution in [0, 0.1) is 5.92 Å². The highest BCUT2D eigenvalue weighted by Gasteiger charge is 2.28. The molecule has 2 atom stereocenters. The SMILES string of the molecule is CCNC(c1ccc(Br)cc1OC)C1CCOC1. The van der Waals surface area contributed by atoms with Gasteiger partial charge in [-0.05, 0) is 25.1 Å². The van der Waals surface area contributed by atoms with Crippen LogP contribution in [0.2, 0.25) is 0 Å². The van der Waals surface area contributed by atoms with Gasteiger partial charge in [0.15, 0.2) is 0 Å². The van der Waals surface area contributed by atoms with E-state index in [-0.39, 0.29) is 0 Å². The molecule has 18 heavy (non-hydrogen) atoms. The van der Waals surface area contributed by atoms with Gasteiger partial charge in [0, 0.05) is 28.6 Å². The van der Waals surface area contributed by atoms with Gasteiger partial charge in [-0.2, -0.15) is 0 Å². The summed E-state index contributed by atoms with van der Waals surface area (Å²) in [5.41, 5.74) is 1.22. The fourth-order valence-corrected chi connectivity index (χ4v) is 2.85. The summed E-state index contributed by atoms with van der Waals surface area (Å²) in [4.78, 5) is 0. The molecule has 0 saturated carbocycles. The first-order valence-electron chi connectivity index (χ1n) is 6.40. The van der Waals surface area contributed by atoms with Gasteiger partial charge in [0.25, 0.3) is 0 Å². The number of hydrogen-bond acceptors (Lipinski definition) is 3. The van der Waals surface area contributed by atoms with Crippen molar-refractivity contribution in [2.45, 2.75) is 19.4 Å². The van der Waals surface area contributed by atoms with E-state index >= 15 is 0 Å². The number of methoxy groups -OCH3 is 1. The summed E-state index contributed by atoms with van der Waals surface area (Å²) in [6.45, 7) is 4.77. The third kappa shape index (κ3) is 3.05. The summed E-state index contributed by atoms with van der Waals surface area (Å²) in [5.74, 6) is 1.46. The molecule has 1 N–H and O–H groups in total. The summed E-state index contributed by atoms with van der Waals surface area (Å²) in [6, 6.07) is 6.53. The largest absolute Gasteiger partial charge is 0.496 e. The first-order valence-corrected chi connectivity index (χ1v) is 7.20. The van der Waals surface area contributed by atoms with E-state index < -0.39 is 0 Å². The van der Waals surface area contributed by atoms with Crippen molar-refractivity contribution >= 4 is 15.9 Å². The Kier molecular flexibility index (Phi) is 5.03. The predicted molar refractivity (Wildman–Crippen MR) is 76.0 cm³/mol. The van der Waals surface area contributed by atoms with Gasteiger partial charge in [0.05, 0.1) is 13.7 Å². The molecule has 2 rings (SSSR count). The van der Waals surface area contributed by atoms with Gasteiger partial charge >= 0.3 is 0 Å². The lowest BCUT2D eigenvalue weighted by molar-refractivity contribution is 0.176. The number of hydrogen-bond donors (Lipinski definition) is 1. The molecule has 1 aromatic rings. The van der Waals surface area contributed by atoms with Crippen LogP contribution in [0.5, 0.6) is 5.75 Å². The molecular weight excluding hydrogens is 294 g/mol. The second-order valence-electron chi connectivity index (χ2n) is 4.55. The molecule has 1 aliphatic rings. The highest BCUT2D eigenvalue weighted by Crippen LogP contribution is 2.35. The molecule has 0 radical (unpaired) electrons. The Balaban J connectivity index is 2.28. The first kappa shape index (κ1) is 13.8. The summed E-state index contributed by atoms with van der Waals surface area (Å²) >= 11 is 3.48. The molecular formula is C14H20BrNO2. The van der Waals surface area contributed by atoms with Crippen molar-refractivity contribution in [2.24, 2.45) is 5.92 Å². The van der Waals surface area contributed by atoms with Crippen LogP contribution in [-0.2, 0) is 4.74 Å². The van der Waals surface area contributed by atoms with Crippen molar-refractivity contribution in [3.8, 4) is 5.75 Å². The Morgan fingerprint density at radius 1 is 1.56 bits per heavy atom. The van der Waals surface area contributed by atoms with Crippen molar-refractivity contribution in [1.82, 2.24) is 5.32 Å². The molecule has 0 bridgehead atoms. The van der Waals surface area contributed by atoms with E-state index in [4.69, 9.17) is 9.47 Å². The van der Waals surface area contributed by atoms with E-state index in [0.29, 0.717) is 12.0 Å². The van der Waals surface area contributed by atoms with E-state index in [2.05, 4.69) is 40.3 Å². The van der Waals surface area contributed by atoms with Crippen molar-refractivity contribution in [1.29, 1.82) is 0 Å². The molecule has 1 saturated heterocycles. The maximum Gasteiger partial charge on any atom is 0.124 e. The van der Waals surface area contributed by atoms with Crippen LogP contribution in [0.15, 0.2) is 22.7 Å². The van der Waals surface area contributed by atoms with Gasteiger partial charge in [-0.3, -0.25) is 0 Å². The normalized spacial score (nSPS) is 20.9. The molecule has 0 aliphatic carbocycles. The molecule has 100 valence electrons. The van der Waals surface area contributed by atoms with Gasteiger partial charge in [0.1, 0.15) is 5.75 Å². The van der Waals surface area contributed by atoms with Crippen LogP contribution in [0.3, 0.4) is 0 Å². The van der Waals surface area contributed by atoms with Gasteiger partial charge in [-0.15, -0.1) is 0 Å². The van der Waals surface area contributed by atoms with E-state index in [9.17, 15) is 0 Å². The molecule has 3 nitrogen and oxygen atoms in total. The Bertz CT molecular complexity index is 391. The highest BCUT2D eigenvalue weighted by atomic mass is 79.9. The number of benzene rings is 1. The first-order chi connectivity index (χ1) is 8.76. The van der Waals surface area contributed by atoms with Gasteiger partial charge in [-0.25, -0.2) is 0 Å². The zero-order chi connectivity index (χ0) is 13.0. The van der Waals surface area contributed by atoms with E-state index in [1.807, 2.05) is 6.07 Å². The monoisotopic (exact) mass is 313 g/mol. The second-order valence-corrected chi connectivity index (χ2v) is 5.46. The average Bonchev–Trinajstić information content (AvgIpc) is 2.90. The third-order valence-corrected chi connectivity index (χ3v) is 3.88. The third-order valence-electron chi connectivity index (χ3n) is 3.39. The van der Waals surface area contributed by atoms with E-state index in [1.54, 1.807) is 7.11 Å². The summed E-state index contributed by atoms with van der Waals surface area (Å²) in [6.07, 6.45) is 1.11. The lowest BCUT2D eigenvalue weighted by atomic mass is 9.91. The fourth-order valence-electron chi connectivity index (χ4n) is 2.51. The zero-order valence-electron chi connectivity index (χ0n) is 10.9. The smallest absolute Gasteiger partial charge is 0.124 e. The molecule has 4 heteroatoms. The highest BCUT2D eigenvalue weighted by molar-refractivity contribution is 9.10. The molecule has 0 spiro atoms. The van der Waals surface area contributed by atoms with Gasteiger partial charge < -0.3 is 14.8 Å². The Morgan fingerprint density at radius 3 is 3.00 bits per heavy atom. The molecule has 1 fully saturated rings. The molecule has 0 aromatic heterocycles. The lowest BCUT2D eigenvalue weighted by Gasteiger charge is -2.25. The maximum absolute atomic E-state index is 5.51. The van der Waals surface area contributed by atoms with Crippen molar-refractivity contribution in [3.63, 3.8) is 0 Å². The number of halogens is 1. The average molecular weight is 314 g/mol. The van der Waals surface area contributed by atoms with Gasteiger partial charge in [0.2, 0.25) is 0 Å². The number of ether oxygens (including phenoxy) is 2. The number of rotatable bonds is 5. The topological polar surface area (TPSA) is 30.5 Å². The standard InChI is InChI=1S/C14H20BrNO2/c1-3-16-14(10-6-7-18-9-10)12-5-4-11(15)8-13(12)17-2/h4-5,8,10,14,16H,3,6-7,9H2,1-2H3. The van der Waals surface area contributed by atoms with Crippen LogP contribution in [0.25, 0.3) is 0 Å². The zero-order valence-corrected chi connectivity index (χ0v) is 12.5. The minimum Gasteiger partial charge on any atom is -0.496 e. The molecule has 2 unspecified atom stereocenters. The molecule has 1 aromatic carbocycles.